The Hall–Kier alpha value is -3.65. The van der Waals surface area contributed by atoms with Crippen molar-refractivity contribution in [3.8, 4) is 11.1 Å². The van der Waals surface area contributed by atoms with Crippen LogP contribution in [-0.2, 0) is 18.0 Å². The molecule has 1 heterocycles. The lowest BCUT2D eigenvalue weighted by molar-refractivity contribution is -0.137. The number of benzene rings is 2. The first-order valence-electron chi connectivity index (χ1n) is 9.11. The van der Waals surface area contributed by atoms with Crippen molar-refractivity contribution >= 4 is 29.4 Å². The lowest BCUT2D eigenvalue weighted by Crippen LogP contribution is -2.16. The van der Waals surface area contributed by atoms with E-state index in [1.165, 1.54) is 42.1 Å². The third kappa shape index (κ3) is 4.97. The first kappa shape index (κ1) is 23.0. The maximum absolute atomic E-state index is 13.4. The van der Waals surface area contributed by atoms with E-state index in [2.05, 4.69) is 0 Å². The highest BCUT2D eigenvalue weighted by Crippen LogP contribution is 2.35. The molecule has 0 radical (unpaired) electrons. The predicted molar refractivity (Wildman–Crippen MR) is 114 cm³/mol. The number of nitrogens with zero attached hydrogens (tertiary/aromatic N) is 1. The maximum atomic E-state index is 13.4. The van der Waals surface area contributed by atoms with Crippen molar-refractivity contribution < 1.29 is 27.9 Å². The molecule has 0 saturated carbocycles. The highest BCUT2D eigenvalue weighted by Gasteiger charge is 2.32. The summed E-state index contributed by atoms with van der Waals surface area (Å²) in [5, 5.41) is 9.29. The number of pyridine rings is 1. The van der Waals surface area contributed by atoms with Crippen molar-refractivity contribution in [1.29, 1.82) is 0 Å². The molecule has 3 rings (SSSR count). The highest BCUT2D eigenvalue weighted by molar-refractivity contribution is 6.30. The summed E-state index contributed by atoms with van der Waals surface area (Å²) in [6, 6.07) is 9.49. The molecule has 0 unspecified atom stereocenters. The van der Waals surface area contributed by atoms with Crippen LogP contribution < -0.4 is 5.56 Å². The smallest absolute Gasteiger partial charge is 0.416 e. The molecule has 0 amide bonds. The van der Waals surface area contributed by atoms with Gasteiger partial charge in [0, 0.05) is 47.1 Å². The molecule has 0 bridgehead atoms. The van der Waals surface area contributed by atoms with Crippen LogP contribution in [0.5, 0.6) is 0 Å². The summed E-state index contributed by atoms with van der Waals surface area (Å²) in [6.45, 7) is 0. The van der Waals surface area contributed by atoms with Gasteiger partial charge in [-0.2, -0.15) is 13.2 Å². The molecule has 0 aliphatic heterocycles. The fraction of sp³-hybridized carbons (Fsp3) is 0.0870. The normalized spacial score (nSPS) is 11.7. The first-order valence-corrected chi connectivity index (χ1v) is 9.49. The number of alkyl halides is 3. The fourth-order valence-electron chi connectivity index (χ4n) is 3.07. The van der Waals surface area contributed by atoms with Gasteiger partial charge in [0.2, 0.25) is 0 Å². The number of aliphatic carboxylic acids is 1. The van der Waals surface area contributed by atoms with Crippen molar-refractivity contribution in [2.45, 2.75) is 6.18 Å². The van der Waals surface area contributed by atoms with Crippen LogP contribution in [0.1, 0.15) is 27.0 Å². The average Bonchev–Trinajstić information content (AvgIpc) is 2.73. The van der Waals surface area contributed by atoms with E-state index in [1.54, 1.807) is 0 Å². The summed E-state index contributed by atoms with van der Waals surface area (Å²) in [4.78, 5) is 36.2. The van der Waals surface area contributed by atoms with E-state index in [4.69, 9.17) is 16.7 Å². The van der Waals surface area contributed by atoms with Gasteiger partial charge in [0.15, 0.2) is 5.78 Å². The van der Waals surface area contributed by atoms with E-state index in [-0.39, 0.29) is 27.8 Å². The maximum Gasteiger partial charge on any atom is 0.416 e. The van der Waals surface area contributed by atoms with Gasteiger partial charge in [0.05, 0.1) is 5.56 Å². The van der Waals surface area contributed by atoms with Gasteiger partial charge in [-0.15, -0.1) is 0 Å². The van der Waals surface area contributed by atoms with Gasteiger partial charge in [-0.25, -0.2) is 4.79 Å². The van der Waals surface area contributed by atoms with Crippen LogP contribution >= 0.6 is 11.6 Å². The number of hydrogen-bond donors (Lipinski definition) is 1. The van der Waals surface area contributed by atoms with Gasteiger partial charge in [-0.3, -0.25) is 9.59 Å². The van der Waals surface area contributed by atoms with Crippen LogP contribution in [0.2, 0.25) is 5.02 Å². The lowest BCUT2D eigenvalue weighted by atomic mass is 9.90. The van der Waals surface area contributed by atoms with Crippen molar-refractivity contribution in [2.75, 3.05) is 0 Å². The molecule has 1 N–H and O–H groups in total. The average molecular weight is 462 g/mol. The second-order valence-electron chi connectivity index (χ2n) is 6.86. The Bertz CT molecular complexity index is 1290. The summed E-state index contributed by atoms with van der Waals surface area (Å²) in [5.74, 6) is -1.97. The van der Waals surface area contributed by atoms with Crippen LogP contribution in [0, 0.1) is 0 Å². The van der Waals surface area contributed by atoms with E-state index < -0.39 is 29.1 Å². The Morgan fingerprint density at radius 2 is 1.69 bits per heavy atom. The third-order valence-corrected chi connectivity index (χ3v) is 4.91. The largest absolute Gasteiger partial charge is 0.478 e. The molecule has 3 aromatic rings. The number of carbonyl (C=O) groups excluding carboxylic acids is 1. The second kappa shape index (κ2) is 8.84. The minimum absolute atomic E-state index is 0.110. The van der Waals surface area contributed by atoms with Crippen molar-refractivity contribution in [3.05, 3.63) is 98.4 Å². The molecule has 0 atom stereocenters. The molecule has 0 aliphatic rings. The van der Waals surface area contributed by atoms with Crippen LogP contribution in [0.15, 0.2) is 65.6 Å². The molecule has 164 valence electrons. The monoisotopic (exact) mass is 461 g/mol. The summed E-state index contributed by atoms with van der Waals surface area (Å²) in [6.07, 6.45) is -1.41. The quantitative estimate of drug-likeness (QED) is 0.426. The number of ketones is 1. The van der Waals surface area contributed by atoms with E-state index in [0.717, 1.165) is 36.4 Å². The Morgan fingerprint density at radius 1 is 1.03 bits per heavy atom. The second-order valence-corrected chi connectivity index (χ2v) is 7.29. The Kier molecular flexibility index (Phi) is 6.36. The topological polar surface area (TPSA) is 76.4 Å². The minimum Gasteiger partial charge on any atom is -0.478 e. The molecule has 0 spiro atoms. The molecule has 5 nitrogen and oxygen atoms in total. The zero-order valence-electron chi connectivity index (χ0n) is 16.5. The predicted octanol–water partition coefficient (Wildman–Crippen LogP) is 5.05. The molecule has 9 heteroatoms. The fourth-order valence-corrected chi connectivity index (χ4v) is 3.19. The molecule has 0 saturated heterocycles. The molecular weight excluding hydrogens is 447 g/mol. The zero-order chi connectivity index (χ0) is 23.6. The highest BCUT2D eigenvalue weighted by atomic mass is 35.5. The van der Waals surface area contributed by atoms with Gasteiger partial charge >= 0.3 is 12.1 Å². The van der Waals surface area contributed by atoms with Crippen molar-refractivity contribution in [3.63, 3.8) is 0 Å². The Labute approximate surface area is 185 Å². The van der Waals surface area contributed by atoms with E-state index in [1.807, 2.05) is 0 Å². The standard InChI is InChI=1S/C23H15ClF3NO4/c1-28-12-19(14(10-20(28)29)4-9-21(30)31)17-8-5-15(23(25,26)27)11-18(17)22(32)13-2-6-16(24)7-3-13/h2-12H,1H3,(H,30,31)/b9-4+. The van der Waals surface area contributed by atoms with Gasteiger partial charge in [-0.1, -0.05) is 17.7 Å². The van der Waals surface area contributed by atoms with Crippen LogP contribution in [0.3, 0.4) is 0 Å². The summed E-state index contributed by atoms with van der Waals surface area (Å²) < 4.78 is 41.3. The van der Waals surface area contributed by atoms with E-state index in [0.29, 0.717) is 5.02 Å². The van der Waals surface area contributed by atoms with Crippen LogP contribution in [0.25, 0.3) is 17.2 Å². The Balaban J connectivity index is 2.30. The number of carboxylic acids is 1. The van der Waals surface area contributed by atoms with Gasteiger partial charge in [0.25, 0.3) is 5.56 Å². The summed E-state index contributed by atoms with van der Waals surface area (Å²) in [5.41, 5.74) is -1.16. The minimum atomic E-state index is -4.69. The molecule has 1 aromatic heterocycles. The lowest BCUT2D eigenvalue weighted by Gasteiger charge is -2.16. The SMILES string of the molecule is Cn1cc(-c2ccc(C(F)(F)F)cc2C(=O)c2ccc(Cl)cc2)c(/C=C/C(=O)O)cc1=O. The van der Waals surface area contributed by atoms with Crippen LogP contribution in [-0.4, -0.2) is 21.4 Å². The Morgan fingerprint density at radius 3 is 2.28 bits per heavy atom. The molecule has 32 heavy (non-hydrogen) atoms. The third-order valence-electron chi connectivity index (χ3n) is 4.65. The molecule has 0 aliphatic carbocycles. The van der Waals surface area contributed by atoms with Crippen molar-refractivity contribution in [1.82, 2.24) is 4.57 Å². The zero-order valence-corrected chi connectivity index (χ0v) is 17.2. The number of rotatable bonds is 5. The van der Waals surface area contributed by atoms with Gasteiger partial charge < -0.3 is 9.67 Å². The number of halogens is 4. The molecule has 2 aromatic carbocycles. The summed E-state index contributed by atoms with van der Waals surface area (Å²) in [7, 11) is 1.43. The number of hydrogen-bond acceptors (Lipinski definition) is 3. The number of aromatic nitrogens is 1. The van der Waals surface area contributed by atoms with E-state index in [9.17, 15) is 27.6 Å². The van der Waals surface area contributed by atoms with Gasteiger partial charge in [-0.05, 0) is 53.6 Å². The first-order chi connectivity index (χ1) is 15.0. The molecule has 0 fully saturated rings. The number of carbonyl (C=O) groups is 2. The van der Waals surface area contributed by atoms with E-state index >= 15 is 0 Å². The van der Waals surface area contributed by atoms with Crippen molar-refractivity contribution in [2.24, 2.45) is 7.05 Å². The number of carboxylic acid groups (broad SMARTS) is 1. The number of aryl methyl sites for hydroxylation is 1. The molecular formula is C23H15ClF3NO4. The summed E-state index contributed by atoms with van der Waals surface area (Å²) >= 11 is 5.84. The van der Waals surface area contributed by atoms with Gasteiger partial charge in [0.1, 0.15) is 0 Å². The van der Waals surface area contributed by atoms with Crippen LogP contribution in [0.4, 0.5) is 13.2 Å².